The summed E-state index contributed by atoms with van der Waals surface area (Å²) in [4.78, 5) is 11.0. The maximum Gasteiger partial charge on any atom is 0.238 e. The number of hydrogen-bond donors (Lipinski definition) is 1. The van der Waals surface area contributed by atoms with Gasteiger partial charge in [-0.25, -0.2) is 0 Å². The van der Waals surface area contributed by atoms with E-state index in [4.69, 9.17) is 10.5 Å². The Balaban J connectivity index is 4.03. The van der Waals surface area contributed by atoms with Gasteiger partial charge >= 0.3 is 0 Å². The van der Waals surface area contributed by atoms with Gasteiger partial charge in [0.25, 0.3) is 0 Å². The molecule has 1 N–H and O–H groups in total. The second-order valence-electron chi connectivity index (χ2n) is 2.45. The Labute approximate surface area is 71.8 Å². The van der Waals surface area contributed by atoms with Crippen LogP contribution in [0.3, 0.4) is 0 Å². The van der Waals surface area contributed by atoms with Crippen LogP contribution in [0.4, 0.5) is 0 Å². The number of amides is 1. The lowest BCUT2D eigenvalue weighted by Crippen LogP contribution is -2.36. The van der Waals surface area contributed by atoms with Gasteiger partial charge in [-0.3, -0.25) is 4.79 Å². The molecule has 0 heterocycles. The standard InChI is InChI=1S/C8H11N3O/c1-3-7(5-10)11-8(12)6(2)4-9/h6-7H,3H2,1-2H3,(H,11,12)/t6?,7-/m0/s1. The Hall–Kier alpha value is -1.55. The highest BCUT2D eigenvalue weighted by molar-refractivity contribution is 5.81. The van der Waals surface area contributed by atoms with Crippen LogP contribution < -0.4 is 5.32 Å². The highest BCUT2D eigenvalue weighted by Crippen LogP contribution is 1.94. The van der Waals surface area contributed by atoms with Crippen molar-refractivity contribution in [2.75, 3.05) is 0 Å². The van der Waals surface area contributed by atoms with Crippen LogP contribution in [0, 0.1) is 28.6 Å². The van der Waals surface area contributed by atoms with Gasteiger partial charge in [-0.1, -0.05) is 6.92 Å². The number of carbonyl (C=O) groups is 1. The molecule has 4 heteroatoms. The fraction of sp³-hybridized carbons (Fsp3) is 0.625. The van der Waals surface area contributed by atoms with Crippen LogP contribution >= 0.6 is 0 Å². The molecule has 0 saturated heterocycles. The summed E-state index contributed by atoms with van der Waals surface area (Å²) < 4.78 is 0. The molecule has 0 aliphatic carbocycles. The maximum absolute atomic E-state index is 11.0. The second-order valence-corrected chi connectivity index (χ2v) is 2.45. The van der Waals surface area contributed by atoms with E-state index < -0.39 is 12.0 Å². The molecule has 0 aromatic rings. The minimum atomic E-state index is -0.688. The quantitative estimate of drug-likeness (QED) is 0.663. The van der Waals surface area contributed by atoms with E-state index in [9.17, 15) is 4.79 Å². The summed E-state index contributed by atoms with van der Waals surface area (Å²) in [5.74, 6) is -1.07. The zero-order chi connectivity index (χ0) is 9.56. The zero-order valence-corrected chi connectivity index (χ0v) is 7.16. The van der Waals surface area contributed by atoms with E-state index in [0.717, 1.165) is 0 Å². The molecule has 64 valence electrons. The molecule has 0 aliphatic heterocycles. The van der Waals surface area contributed by atoms with Crippen molar-refractivity contribution in [1.29, 1.82) is 10.5 Å². The van der Waals surface area contributed by atoms with E-state index >= 15 is 0 Å². The molecule has 0 bridgehead atoms. The number of nitrogens with one attached hydrogen (secondary N) is 1. The predicted octanol–water partition coefficient (Wildman–Crippen LogP) is 0.564. The molecular weight excluding hydrogens is 154 g/mol. The smallest absolute Gasteiger partial charge is 0.238 e. The molecule has 0 saturated carbocycles. The van der Waals surface area contributed by atoms with Crippen molar-refractivity contribution in [3.05, 3.63) is 0 Å². The number of rotatable bonds is 3. The molecule has 1 amide bonds. The summed E-state index contributed by atoms with van der Waals surface area (Å²) in [5, 5.41) is 19.3. The largest absolute Gasteiger partial charge is 0.339 e. The third-order valence-corrected chi connectivity index (χ3v) is 1.47. The molecule has 2 atom stereocenters. The van der Waals surface area contributed by atoms with Crippen LogP contribution in [-0.2, 0) is 4.79 Å². The van der Waals surface area contributed by atoms with E-state index in [2.05, 4.69) is 5.32 Å². The van der Waals surface area contributed by atoms with Gasteiger partial charge in [-0.2, -0.15) is 10.5 Å². The van der Waals surface area contributed by atoms with Gasteiger partial charge in [0.1, 0.15) is 12.0 Å². The van der Waals surface area contributed by atoms with E-state index in [1.54, 1.807) is 13.0 Å². The Morgan fingerprint density at radius 3 is 2.42 bits per heavy atom. The van der Waals surface area contributed by atoms with Gasteiger partial charge in [-0.15, -0.1) is 0 Å². The highest BCUT2D eigenvalue weighted by Gasteiger charge is 2.14. The third kappa shape index (κ3) is 3.03. The first-order chi connectivity index (χ1) is 5.65. The molecule has 4 nitrogen and oxygen atoms in total. The summed E-state index contributed by atoms with van der Waals surface area (Å²) in [7, 11) is 0. The minimum Gasteiger partial charge on any atom is -0.339 e. The maximum atomic E-state index is 11.0. The van der Waals surface area contributed by atoms with Crippen LogP contribution in [-0.4, -0.2) is 11.9 Å². The Morgan fingerprint density at radius 2 is 2.08 bits per heavy atom. The minimum absolute atomic E-state index is 0.383. The van der Waals surface area contributed by atoms with Gasteiger partial charge in [-0.05, 0) is 13.3 Å². The molecule has 12 heavy (non-hydrogen) atoms. The summed E-state index contributed by atoms with van der Waals surface area (Å²) in [5.41, 5.74) is 0. The van der Waals surface area contributed by atoms with Gasteiger partial charge in [0.15, 0.2) is 0 Å². The van der Waals surface area contributed by atoms with Crippen LogP contribution in [0.5, 0.6) is 0 Å². The molecule has 0 spiro atoms. The van der Waals surface area contributed by atoms with Crippen molar-refractivity contribution in [3.8, 4) is 12.1 Å². The lowest BCUT2D eigenvalue weighted by Gasteiger charge is -2.09. The van der Waals surface area contributed by atoms with Crippen molar-refractivity contribution in [1.82, 2.24) is 5.32 Å². The van der Waals surface area contributed by atoms with Crippen LogP contribution in [0.25, 0.3) is 0 Å². The first-order valence-electron chi connectivity index (χ1n) is 3.75. The van der Waals surface area contributed by atoms with Crippen LogP contribution in [0.15, 0.2) is 0 Å². The number of nitriles is 2. The molecule has 0 radical (unpaired) electrons. The van der Waals surface area contributed by atoms with Crippen molar-refractivity contribution < 1.29 is 4.79 Å². The Morgan fingerprint density at radius 1 is 1.50 bits per heavy atom. The molecule has 0 rings (SSSR count). The van der Waals surface area contributed by atoms with Gasteiger partial charge in [0.2, 0.25) is 5.91 Å². The summed E-state index contributed by atoms with van der Waals surface area (Å²) in [6, 6.07) is 3.24. The average Bonchev–Trinajstić information content (AvgIpc) is 2.12. The summed E-state index contributed by atoms with van der Waals surface area (Å²) in [6.45, 7) is 3.30. The van der Waals surface area contributed by atoms with E-state index in [0.29, 0.717) is 6.42 Å². The van der Waals surface area contributed by atoms with E-state index in [1.165, 1.54) is 6.92 Å². The van der Waals surface area contributed by atoms with E-state index in [-0.39, 0.29) is 5.91 Å². The predicted molar refractivity (Wildman–Crippen MR) is 42.6 cm³/mol. The van der Waals surface area contributed by atoms with Crippen molar-refractivity contribution in [2.45, 2.75) is 26.3 Å². The van der Waals surface area contributed by atoms with Gasteiger partial charge in [0.05, 0.1) is 12.1 Å². The Kier molecular flexibility index (Phi) is 4.48. The zero-order valence-electron chi connectivity index (χ0n) is 7.16. The van der Waals surface area contributed by atoms with E-state index in [1.807, 2.05) is 6.07 Å². The van der Waals surface area contributed by atoms with Gasteiger partial charge in [0, 0.05) is 0 Å². The third-order valence-electron chi connectivity index (χ3n) is 1.47. The monoisotopic (exact) mass is 165 g/mol. The fourth-order valence-corrected chi connectivity index (χ4v) is 0.581. The first kappa shape index (κ1) is 10.4. The first-order valence-corrected chi connectivity index (χ1v) is 3.75. The summed E-state index contributed by atoms with van der Waals surface area (Å²) in [6.07, 6.45) is 0.556. The average molecular weight is 165 g/mol. The van der Waals surface area contributed by atoms with Crippen LogP contribution in [0.1, 0.15) is 20.3 Å². The number of hydrogen-bond acceptors (Lipinski definition) is 3. The van der Waals surface area contributed by atoms with Gasteiger partial charge < -0.3 is 5.32 Å². The second kappa shape index (κ2) is 5.15. The molecule has 0 fully saturated rings. The molecule has 0 aromatic carbocycles. The number of carbonyl (C=O) groups excluding carboxylic acids is 1. The van der Waals surface area contributed by atoms with Crippen LogP contribution in [0.2, 0.25) is 0 Å². The summed E-state index contributed by atoms with van der Waals surface area (Å²) >= 11 is 0. The molecule has 0 aliphatic rings. The Bertz CT molecular complexity index is 236. The molecule has 1 unspecified atom stereocenters. The topological polar surface area (TPSA) is 76.7 Å². The fourth-order valence-electron chi connectivity index (χ4n) is 0.581. The lowest BCUT2D eigenvalue weighted by atomic mass is 10.1. The van der Waals surface area contributed by atoms with Crippen molar-refractivity contribution in [2.24, 2.45) is 5.92 Å². The lowest BCUT2D eigenvalue weighted by molar-refractivity contribution is -0.123. The van der Waals surface area contributed by atoms with Crippen molar-refractivity contribution >= 4 is 5.91 Å². The normalized spacial score (nSPS) is 13.7. The molecule has 0 aromatic heterocycles. The molecular formula is C8H11N3O. The SMILES string of the molecule is CC[C@@H](C#N)NC(=O)C(C)C#N. The highest BCUT2D eigenvalue weighted by atomic mass is 16.1. The van der Waals surface area contributed by atoms with Crippen molar-refractivity contribution in [3.63, 3.8) is 0 Å². The number of nitrogens with zero attached hydrogens (tertiary/aromatic N) is 2.